The van der Waals surface area contributed by atoms with Crippen molar-refractivity contribution in [2.45, 2.75) is 0 Å². The molecule has 3 aromatic heterocycles. The zero-order valence-electron chi connectivity index (χ0n) is 29.8. The molecule has 10 rings (SSSR count). The molecule has 10 aromatic rings. The molecule has 6 heteroatoms. The second-order valence-electron chi connectivity index (χ2n) is 13.7. The Morgan fingerprint density at radius 1 is 0.482 bits per heavy atom. The molecule has 258 valence electrons. The largest absolute Gasteiger partial charge is 0.309 e. The van der Waals surface area contributed by atoms with E-state index in [9.17, 15) is 10.5 Å². The van der Waals surface area contributed by atoms with Crippen molar-refractivity contribution in [2.75, 3.05) is 0 Å². The van der Waals surface area contributed by atoms with Crippen LogP contribution in [0.25, 0.3) is 93.3 Å². The van der Waals surface area contributed by atoms with E-state index in [2.05, 4.69) is 111 Å². The summed E-state index contributed by atoms with van der Waals surface area (Å²) >= 11 is 0. The Morgan fingerprint density at radius 2 is 1.05 bits per heavy atom. The zero-order chi connectivity index (χ0) is 37.8. The lowest BCUT2D eigenvalue weighted by atomic mass is 10.00. The molecule has 0 amide bonds. The van der Waals surface area contributed by atoms with Crippen molar-refractivity contribution in [1.82, 2.24) is 14.1 Å². The van der Waals surface area contributed by atoms with Gasteiger partial charge in [-0.3, -0.25) is 4.98 Å². The van der Waals surface area contributed by atoms with Crippen LogP contribution in [0.5, 0.6) is 0 Å². The van der Waals surface area contributed by atoms with E-state index < -0.39 is 0 Å². The first-order valence-corrected chi connectivity index (χ1v) is 18.2. The topological polar surface area (TPSA) is 74.7 Å². The second-order valence-corrected chi connectivity index (χ2v) is 13.7. The van der Waals surface area contributed by atoms with Gasteiger partial charge in [0.2, 0.25) is 0 Å². The Morgan fingerprint density at radius 3 is 1.71 bits per heavy atom. The number of rotatable bonds is 5. The van der Waals surface area contributed by atoms with Crippen molar-refractivity contribution in [3.05, 3.63) is 193 Å². The minimum absolute atomic E-state index is 0.515. The summed E-state index contributed by atoms with van der Waals surface area (Å²) < 4.78 is 4.49. The molecule has 3 heterocycles. The van der Waals surface area contributed by atoms with Gasteiger partial charge in [0.05, 0.1) is 69.0 Å². The fourth-order valence-corrected chi connectivity index (χ4v) is 8.19. The van der Waals surface area contributed by atoms with Crippen LogP contribution in [0.4, 0.5) is 5.69 Å². The van der Waals surface area contributed by atoms with Gasteiger partial charge in [0.1, 0.15) is 0 Å². The Hall–Kier alpha value is -8.24. The average Bonchev–Trinajstić information content (AvgIpc) is 3.78. The van der Waals surface area contributed by atoms with E-state index in [1.54, 1.807) is 6.20 Å². The van der Waals surface area contributed by atoms with Crippen LogP contribution in [0, 0.1) is 29.2 Å². The zero-order valence-corrected chi connectivity index (χ0v) is 29.8. The van der Waals surface area contributed by atoms with Gasteiger partial charge in [0, 0.05) is 33.3 Å². The molecule has 0 aliphatic heterocycles. The minimum Gasteiger partial charge on any atom is -0.309 e. The first-order valence-electron chi connectivity index (χ1n) is 18.2. The van der Waals surface area contributed by atoms with Gasteiger partial charge in [-0.1, -0.05) is 84.9 Å². The van der Waals surface area contributed by atoms with Crippen LogP contribution >= 0.6 is 0 Å². The monoisotopic (exact) mass is 712 g/mol. The number of aromatic nitrogens is 3. The highest BCUT2D eigenvalue weighted by atomic mass is 15.0. The van der Waals surface area contributed by atoms with E-state index in [4.69, 9.17) is 11.6 Å². The predicted molar refractivity (Wildman–Crippen MR) is 225 cm³/mol. The van der Waals surface area contributed by atoms with E-state index >= 15 is 0 Å². The van der Waals surface area contributed by atoms with Gasteiger partial charge < -0.3 is 9.13 Å². The Bertz CT molecular complexity index is 3360. The highest BCUT2D eigenvalue weighted by molar-refractivity contribution is 6.12. The van der Waals surface area contributed by atoms with Gasteiger partial charge >= 0.3 is 0 Å². The molecule has 0 fully saturated rings. The van der Waals surface area contributed by atoms with E-state index in [1.807, 2.05) is 78.9 Å². The standard InChI is InChI=1S/C50H28N6/c1-53-38-14-7-12-34(27-38)36-22-23-45-41(29-36)39-15-2-4-17-43(39)55(45)47-19-8-13-37(31-52)49(47)50-48(20-9-25-54-50)56-44-18-5-3-16-40(44)42-28-35(21-24-46(42)56)33-11-6-10-32(26-33)30-51/h2-29H. The van der Waals surface area contributed by atoms with Crippen LogP contribution in [0.3, 0.4) is 0 Å². The Kier molecular flexibility index (Phi) is 7.53. The van der Waals surface area contributed by atoms with Crippen molar-refractivity contribution >= 4 is 49.3 Å². The summed E-state index contributed by atoms with van der Waals surface area (Å²) in [5, 5.41) is 24.6. The molecule has 0 N–H and O–H groups in total. The van der Waals surface area contributed by atoms with Crippen molar-refractivity contribution in [2.24, 2.45) is 0 Å². The highest BCUT2D eigenvalue weighted by Crippen LogP contribution is 2.42. The van der Waals surface area contributed by atoms with Gasteiger partial charge in [-0.25, -0.2) is 4.85 Å². The molecule has 0 aliphatic rings. The molecular weight excluding hydrogens is 685 g/mol. The number of pyridine rings is 1. The number of para-hydroxylation sites is 2. The molecule has 7 aromatic carbocycles. The predicted octanol–water partition coefficient (Wildman–Crippen LogP) is 12.6. The molecule has 56 heavy (non-hydrogen) atoms. The molecular formula is C50H28N6. The van der Waals surface area contributed by atoms with Crippen LogP contribution in [0.15, 0.2) is 170 Å². The Labute approximate surface area is 322 Å². The lowest BCUT2D eigenvalue weighted by Crippen LogP contribution is -2.04. The number of hydrogen-bond donors (Lipinski definition) is 0. The van der Waals surface area contributed by atoms with Gasteiger partial charge in [-0.05, 0) is 101 Å². The Balaban J connectivity index is 1.22. The van der Waals surface area contributed by atoms with Crippen LogP contribution in [0.1, 0.15) is 11.1 Å². The van der Waals surface area contributed by atoms with Crippen LogP contribution in [-0.2, 0) is 0 Å². The smallest absolute Gasteiger partial charge is 0.187 e. The van der Waals surface area contributed by atoms with Crippen molar-refractivity contribution in [1.29, 1.82) is 10.5 Å². The summed E-state index contributed by atoms with van der Waals surface area (Å²) in [4.78, 5) is 8.72. The summed E-state index contributed by atoms with van der Waals surface area (Å²) in [6.45, 7) is 7.54. The maximum Gasteiger partial charge on any atom is 0.187 e. The summed E-state index contributed by atoms with van der Waals surface area (Å²) in [7, 11) is 0. The molecule has 6 nitrogen and oxygen atoms in total. The first-order chi connectivity index (χ1) is 27.6. The van der Waals surface area contributed by atoms with Gasteiger partial charge in [0.15, 0.2) is 5.69 Å². The van der Waals surface area contributed by atoms with E-state index in [0.29, 0.717) is 22.5 Å². The highest BCUT2D eigenvalue weighted by Gasteiger charge is 2.23. The second kappa shape index (κ2) is 13.0. The fraction of sp³-hybridized carbons (Fsp3) is 0. The summed E-state index contributed by atoms with van der Waals surface area (Å²) in [6.07, 6.45) is 1.79. The SMILES string of the molecule is [C-]#[N+]c1cccc(-c2ccc3c(c2)c2ccccc2n3-c2cccc(C#N)c2-c2ncccc2-n2c3ccccc3c3cc(-c4cccc(C#N)c4)ccc32)c1. The van der Waals surface area contributed by atoms with E-state index in [0.717, 1.165) is 82.8 Å². The molecule has 0 spiro atoms. The van der Waals surface area contributed by atoms with Crippen molar-refractivity contribution < 1.29 is 0 Å². The average molecular weight is 713 g/mol. The first kappa shape index (κ1) is 32.4. The molecule has 0 saturated carbocycles. The lowest BCUT2D eigenvalue weighted by molar-refractivity contribution is 1.12. The van der Waals surface area contributed by atoms with Crippen LogP contribution < -0.4 is 0 Å². The third kappa shape index (κ3) is 5.05. The summed E-state index contributed by atoms with van der Waals surface area (Å²) in [5.74, 6) is 0. The fourth-order valence-electron chi connectivity index (χ4n) is 8.19. The molecule has 0 bridgehead atoms. The third-order valence-electron chi connectivity index (χ3n) is 10.6. The van der Waals surface area contributed by atoms with E-state index in [1.165, 1.54) is 0 Å². The number of nitrogens with zero attached hydrogens (tertiary/aromatic N) is 6. The normalized spacial score (nSPS) is 11.2. The molecule has 0 atom stereocenters. The van der Waals surface area contributed by atoms with Crippen LogP contribution in [-0.4, -0.2) is 14.1 Å². The maximum atomic E-state index is 10.7. The molecule has 0 aliphatic carbocycles. The van der Waals surface area contributed by atoms with Gasteiger partial charge in [-0.2, -0.15) is 10.5 Å². The number of hydrogen-bond acceptors (Lipinski definition) is 3. The van der Waals surface area contributed by atoms with Crippen LogP contribution in [0.2, 0.25) is 0 Å². The maximum absolute atomic E-state index is 10.7. The molecule has 0 saturated heterocycles. The third-order valence-corrected chi connectivity index (χ3v) is 10.6. The van der Waals surface area contributed by atoms with Gasteiger partial charge in [0.25, 0.3) is 0 Å². The van der Waals surface area contributed by atoms with Gasteiger partial charge in [-0.15, -0.1) is 0 Å². The quantitative estimate of drug-likeness (QED) is 0.167. The summed E-state index contributed by atoms with van der Waals surface area (Å²) in [6, 6.07) is 59.6. The van der Waals surface area contributed by atoms with E-state index in [-0.39, 0.29) is 0 Å². The summed E-state index contributed by atoms with van der Waals surface area (Å²) in [5.41, 5.74) is 12.9. The number of fused-ring (bicyclic) bond motifs is 6. The number of nitriles is 2. The van der Waals surface area contributed by atoms with Crippen molar-refractivity contribution in [3.8, 4) is 57.0 Å². The minimum atomic E-state index is 0.515. The lowest BCUT2D eigenvalue weighted by Gasteiger charge is -2.18. The van der Waals surface area contributed by atoms with Crippen molar-refractivity contribution in [3.63, 3.8) is 0 Å². The molecule has 0 unspecified atom stereocenters. The number of benzene rings is 7. The molecule has 0 radical (unpaired) electrons.